The zero-order valence-electron chi connectivity index (χ0n) is 12.7. The Morgan fingerprint density at radius 1 is 1.13 bits per heavy atom. The summed E-state index contributed by atoms with van der Waals surface area (Å²) in [6.45, 7) is 0. The van der Waals surface area contributed by atoms with Crippen LogP contribution in [0.15, 0.2) is 48.5 Å². The number of rotatable bonds is 3. The second kappa shape index (κ2) is 6.55. The van der Waals surface area contributed by atoms with Gasteiger partial charge in [0.05, 0.1) is 7.11 Å². The summed E-state index contributed by atoms with van der Waals surface area (Å²) in [7, 11) is 1.59. The number of hydrogen-bond donors (Lipinski definition) is 0. The van der Waals surface area contributed by atoms with Gasteiger partial charge >= 0.3 is 0 Å². The highest BCUT2D eigenvalue weighted by molar-refractivity contribution is 6.30. The van der Waals surface area contributed by atoms with E-state index in [0.717, 1.165) is 16.7 Å². The van der Waals surface area contributed by atoms with Crippen LogP contribution in [0.2, 0.25) is 5.02 Å². The number of methoxy groups -OCH3 is 1. The zero-order valence-corrected chi connectivity index (χ0v) is 13.4. The van der Waals surface area contributed by atoms with E-state index in [-0.39, 0.29) is 17.5 Å². The van der Waals surface area contributed by atoms with Crippen molar-refractivity contribution in [3.8, 4) is 5.75 Å². The highest BCUT2D eigenvalue weighted by atomic mass is 35.5. The van der Waals surface area contributed by atoms with Crippen molar-refractivity contribution in [2.45, 2.75) is 18.8 Å². The minimum atomic E-state index is -0.275. The van der Waals surface area contributed by atoms with Crippen molar-refractivity contribution in [1.82, 2.24) is 0 Å². The standard InChI is InChI=1S/C19H16ClFO2/c1-23-19-7-4-15(20)11-18(19)14-8-13(9-17(22)10-14)12-2-5-16(21)6-3-12/h2-7,10-11,13H,8-9H2,1H3/t13-/m1/s1. The lowest BCUT2D eigenvalue weighted by molar-refractivity contribution is -0.115. The number of halogens is 2. The molecule has 118 valence electrons. The van der Waals surface area contributed by atoms with E-state index in [1.807, 2.05) is 6.07 Å². The molecule has 0 saturated heterocycles. The summed E-state index contributed by atoms with van der Waals surface area (Å²) in [6.07, 6.45) is 2.78. The van der Waals surface area contributed by atoms with Crippen LogP contribution in [-0.2, 0) is 4.79 Å². The van der Waals surface area contributed by atoms with Gasteiger partial charge in [-0.3, -0.25) is 4.79 Å². The van der Waals surface area contributed by atoms with Crippen molar-refractivity contribution >= 4 is 23.0 Å². The average Bonchev–Trinajstić information content (AvgIpc) is 2.55. The Bertz CT molecular complexity index is 765. The highest BCUT2D eigenvalue weighted by Crippen LogP contribution is 2.39. The van der Waals surface area contributed by atoms with Crippen LogP contribution in [0.25, 0.3) is 5.57 Å². The lowest BCUT2D eigenvalue weighted by atomic mass is 9.81. The van der Waals surface area contributed by atoms with E-state index < -0.39 is 0 Å². The zero-order chi connectivity index (χ0) is 16.4. The Morgan fingerprint density at radius 2 is 1.87 bits per heavy atom. The molecule has 0 aliphatic heterocycles. The lowest BCUT2D eigenvalue weighted by Gasteiger charge is -2.23. The van der Waals surface area contributed by atoms with Crippen molar-refractivity contribution in [3.63, 3.8) is 0 Å². The van der Waals surface area contributed by atoms with Gasteiger partial charge in [0, 0.05) is 17.0 Å². The van der Waals surface area contributed by atoms with Gasteiger partial charge in [-0.05, 0) is 59.9 Å². The first kappa shape index (κ1) is 15.8. The number of allylic oxidation sites excluding steroid dienone is 2. The quantitative estimate of drug-likeness (QED) is 0.790. The summed E-state index contributed by atoms with van der Waals surface area (Å²) in [6, 6.07) is 11.7. The maximum Gasteiger partial charge on any atom is 0.156 e. The molecule has 1 aliphatic rings. The van der Waals surface area contributed by atoms with Crippen LogP contribution < -0.4 is 4.74 Å². The van der Waals surface area contributed by atoms with Crippen LogP contribution in [0.3, 0.4) is 0 Å². The maximum absolute atomic E-state index is 13.1. The summed E-state index contributed by atoms with van der Waals surface area (Å²) in [5.74, 6) is 0.505. The number of carbonyl (C=O) groups excluding carboxylic acids is 1. The summed E-state index contributed by atoms with van der Waals surface area (Å²) in [5, 5.41) is 0.595. The minimum absolute atomic E-state index is 0.0341. The maximum atomic E-state index is 13.1. The van der Waals surface area contributed by atoms with E-state index in [2.05, 4.69) is 0 Å². The van der Waals surface area contributed by atoms with Crippen molar-refractivity contribution in [1.29, 1.82) is 0 Å². The Morgan fingerprint density at radius 3 is 2.57 bits per heavy atom. The molecule has 0 spiro atoms. The molecule has 1 atom stereocenters. The third-order valence-electron chi connectivity index (χ3n) is 4.10. The van der Waals surface area contributed by atoms with Crippen molar-refractivity contribution in [2.24, 2.45) is 0 Å². The molecule has 4 heteroatoms. The number of benzene rings is 2. The molecule has 0 unspecified atom stereocenters. The molecule has 0 saturated carbocycles. The molecule has 0 amide bonds. The Balaban J connectivity index is 1.96. The number of ketones is 1. The fourth-order valence-corrected chi connectivity index (χ4v) is 3.15. The average molecular weight is 331 g/mol. The second-order valence-corrected chi connectivity index (χ2v) is 6.07. The fraction of sp³-hybridized carbons (Fsp3) is 0.211. The summed E-state index contributed by atoms with van der Waals surface area (Å²) in [4.78, 5) is 12.2. The fourth-order valence-electron chi connectivity index (χ4n) is 2.98. The van der Waals surface area contributed by atoms with Gasteiger partial charge in [0.25, 0.3) is 0 Å². The van der Waals surface area contributed by atoms with Crippen LogP contribution in [0.1, 0.15) is 29.9 Å². The molecule has 0 bridgehead atoms. The van der Waals surface area contributed by atoms with Gasteiger partial charge in [0.2, 0.25) is 0 Å². The van der Waals surface area contributed by atoms with Crippen LogP contribution in [0, 0.1) is 5.82 Å². The van der Waals surface area contributed by atoms with E-state index >= 15 is 0 Å². The van der Waals surface area contributed by atoms with Crippen LogP contribution in [0.4, 0.5) is 4.39 Å². The summed E-state index contributed by atoms with van der Waals surface area (Å²) >= 11 is 6.09. The van der Waals surface area contributed by atoms with E-state index in [1.165, 1.54) is 12.1 Å². The molecular weight excluding hydrogens is 315 g/mol. The van der Waals surface area contributed by atoms with Gasteiger partial charge in [-0.25, -0.2) is 4.39 Å². The molecule has 2 aromatic carbocycles. The largest absolute Gasteiger partial charge is 0.496 e. The van der Waals surface area contributed by atoms with Gasteiger partial charge in [0.1, 0.15) is 11.6 Å². The second-order valence-electron chi connectivity index (χ2n) is 5.64. The first-order chi connectivity index (χ1) is 11.1. The van der Waals surface area contributed by atoms with Crippen LogP contribution in [-0.4, -0.2) is 12.9 Å². The van der Waals surface area contributed by atoms with E-state index in [1.54, 1.807) is 37.5 Å². The molecule has 2 nitrogen and oxygen atoms in total. The molecule has 3 rings (SSSR count). The third-order valence-corrected chi connectivity index (χ3v) is 4.33. The first-order valence-corrected chi connectivity index (χ1v) is 7.77. The van der Waals surface area contributed by atoms with Gasteiger partial charge in [0.15, 0.2) is 5.78 Å². The summed E-state index contributed by atoms with van der Waals surface area (Å²) in [5.41, 5.74) is 2.70. The van der Waals surface area contributed by atoms with Crippen LogP contribution in [0.5, 0.6) is 5.75 Å². The molecule has 23 heavy (non-hydrogen) atoms. The third kappa shape index (κ3) is 3.45. The molecule has 1 aliphatic carbocycles. The Kier molecular flexibility index (Phi) is 4.49. The van der Waals surface area contributed by atoms with Crippen LogP contribution >= 0.6 is 11.6 Å². The van der Waals surface area contributed by atoms with Gasteiger partial charge in [-0.2, -0.15) is 0 Å². The molecule has 0 radical (unpaired) electrons. The smallest absolute Gasteiger partial charge is 0.156 e. The van der Waals surface area contributed by atoms with E-state index in [0.29, 0.717) is 23.6 Å². The van der Waals surface area contributed by atoms with Gasteiger partial charge in [-0.1, -0.05) is 23.7 Å². The van der Waals surface area contributed by atoms with E-state index in [9.17, 15) is 9.18 Å². The molecule has 0 heterocycles. The molecule has 0 aromatic heterocycles. The monoisotopic (exact) mass is 330 g/mol. The van der Waals surface area contributed by atoms with Crippen molar-refractivity contribution < 1.29 is 13.9 Å². The summed E-state index contributed by atoms with van der Waals surface area (Å²) < 4.78 is 18.5. The number of carbonyl (C=O) groups is 1. The SMILES string of the molecule is COc1ccc(Cl)cc1C1=CC(=O)C[C@H](c2ccc(F)cc2)C1. The minimum Gasteiger partial charge on any atom is -0.496 e. The Labute approximate surface area is 139 Å². The van der Waals surface area contributed by atoms with Gasteiger partial charge in [-0.15, -0.1) is 0 Å². The molecule has 2 aromatic rings. The highest BCUT2D eigenvalue weighted by Gasteiger charge is 2.24. The van der Waals surface area contributed by atoms with E-state index in [4.69, 9.17) is 16.3 Å². The molecule has 0 N–H and O–H groups in total. The molecule has 0 fully saturated rings. The lowest BCUT2D eigenvalue weighted by Crippen LogP contribution is -2.12. The first-order valence-electron chi connectivity index (χ1n) is 7.39. The molecular formula is C19H16ClFO2. The predicted octanol–water partition coefficient (Wildman–Crippen LogP) is 5.02. The Hall–Kier alpha value is -2.13. The van der Waals surface area contributed by atoms with Gasteiger partial charge < -0.3 is 4.74 Å². The number of hydrogen-bond acceptors (Lipinski definition) is 2. The number of ether oxygens (including phenoxy) is 1. The topological polar surface area (TPSA) is 26.3 Å². The van der Waals surface area contributed by atoms with Crippen molar-refractivity contribution in [3.05, 3.63) is 70.5 Å². The normalized spacial score (nSPS) is 17.8. The van der Waals surface area contributed by atoms with Crippen molar-refractivity contribution in [2.75, 3.05) is 7.11 Å². The predicted molar refractivity (Wildman–Crippen MR) is 89.4 cm³/mol.